The van der Waals surface area contributed by atoms with Crippen LogP contribution in [0.4, 0.5) is 20.3 Å². The van der Waals surface area contributed by atoms with Crippen LogP contribution in [0.15, 0.2) is 36.8 Å². The third kappa shape index (κ3) is 5.47. The molecule has 5 N–H and O–H groups in total. The number of aliphatic hydroxyl groups excluding tert-OH is 1. The summed E-state index contributed by atoms with van der Waals surface area (Å²) in [7, 11) is 0. The number of halogens is 4. The number of hydrogen-bond donors (Lipinski definition) is 4. The molecule has 1 aliphatic rings. The van der Waals surface area contributed by atoms with Crippen molar-refractivity contribution in [3.63, 3.8) is 0 Å². The van der Waals surface area contributed by atoms with Crippen LogP contribution in [0, 0.1) is 17.0 Å². The topological polar surface area (TPSA) is 120 Å². The fourth-order valence-corrected chi connectivity index (χ4v) is 5.01. The van der Waals surface area contributed by atoms with Crippen molar-refractivity contribution in [3.05, 3.63) is 75.2 Å². The predicted molar refractivity (Wildman–Crippen MR) is 140 cm³/mol. The minimum Gasteiger partial charge on any atom is -0.483 e. The quantitative estimate of drug-likeness (QED) is 0.230. The monoisotopic (exact) mass is 550 g/mol. The van der Waals surface area contributed by atoms with Gasteiger partial charge in [0.05, 0.1) is 33.5 Å². The molecule has 1 fully saturated rings. The van der Waals surface area contributed by atoms with E-state index in [1.165, 1.54) is 30.7 Å². The first-order chi connectivity index (χ1) is 17.5. The van der Waals surface area contributed by atoms with E-state index in [2.05, 4.69) is 15.3 Å². The molecule has 1 aromatic carbocycles. The first-order valence-electron chi connectivity index (χ1n) is 11.4. The van der Waals surface area contributed by atoms with Crippen LogP contribution in [-0.2, 0) is 0 Å². The average Bonchev–Trinajstić information content (AvgIpc) is 2.83. The summed E-state index contributed by atoms with van der Waals surface area (Å²) in [5.41, 5.74) is 5.63. The van der Waals surface area contributed by atoms with Crippen molar-refractivity contribution in [2.45, 2.75) is 25.5 Å². The number of nitrogens with two attached hydrogens (primary N) is 1. The molecule has 3 aromatic rings. The molecule has 12 heteroatoms. The second-order valence-electron chi connectivity index (χ2n) is 9.09. The second-order valence-corrected chi connectivity index (χ2v) is 9.90. The van der Waals surface area contributed by atoms with Gasteiger partial charge in [0.1, 0.15) is 6.10 Å². The normalized spacial score (nSPS) is 15.3. The van der Waals surface area contributed by atoms with Gasteiger partial charge in [0, 0.05) is 55.0 Å². The van der Waals surface area contributed by atoms with Crippen LogP contribution in [0.2, 0.25) is 10.0 Å². The summed E-state index contributed by atoms with van der Waals surface area (Å²) < 4.78 is 36.3. The summed E-state index contributed by atoms with van der Waals surface area (Å²) in [4.78, 5) is 9.82. The van der Waals surface area contributed by atoms with Crippen LogP contribution in [0.25, 0.3) is 0 Å². The highest BCUT2D eigenvalue weighted by Crippen LogP contribution is 2.36. The number of benzene rings is 1. The summed E-state index contributed by atoms with van der Waals surface area (Å²) in [6.07, 6.45) is 3.38. The molecule has 1 saturated heterocycles. The molecule has 2 aromatic heterocycles. The molecular formula is C25H26Cl2F2N6O2. The van der Waals surface area contributed by atoms with Crippen LogP contribution in [0.3, 0.4) is 0 Å². The van der Waals surface area contributed by atoms with Gasteiger partial charge in [0.25, 0.3) is 0 Å². The van der Waals surface area contributed by atoms with Gasteiger partial charge < -0.3 is 25.8 Å². The number of nitrogens with zero attached hydrogens (tertiary/aromatic N) is 3. The minimum atomic E-state index is -0.879. The molecule has 0 unspecified atom stereocenters. The highest BCUT2D eigenvalue weighted by Gasteiger charge is 2.40. The zero-order valence-corrected chi connectivity index (χ0v) is 21.7. The first kappa shape index (κ1) is 27.0. The molecule has 0 aliphatic carbocycles. The summed E-state index contributed by atoms with van der Waals surface area (Å²) in [6.45, 7) is 5.06. The number of rotatable bonds is 9. The zero-order chi connectivity index (χ0) is 26.9. The summed E-state index contributed by atoms with van der Waals surface area (Å²) in [6, 6.07) is 3.88. The van der Waals surface area contributed by atoms with Gasteiger partial charge in [0.15, 0.2) is 23.2 Å². The predicted octanol–water partition coefficient (Wildman–Crippen LogP) is 4.36. The lowest BCUT2D eigenvalue weighted by Crippen LogP contribution is -2.68. The number of nitrogens with one attached hydrogen (secondary N) is 2. The number of nitrogen functional groups attached to an aromatic ring is 1. The molecule has 0 saturated carbocycles. The largest absolute Gasteiger partial charge is 0.483 e. The van der Waals surface area contributed by atoms with E-state index in [-0.39, 0.29) is 56.3 Å². The second kappa shape index (κ2) is 10.7. The van der Waals surface area contributed by atoms with Gasteiger partial charge in [-0.25, -0.2) is 13.8 Å². The fraction of sp³-hybridized carbons (Fsp3) is 0.320. The van der Waals surface area contributed by atoms with Crippen LogP contribution < -0.4 is 20.7 Å². The van der Waals surface area contributed by atoms with Gasteiger partial charge in [-0.05, 0) is 32.0 Å². The number of aliphatic hydroxyl groups is 1. The lowest BCUT2D eigenvalue weighted by molar-refractivity contribution is 0.216. The van der Waals surface area contributed by atoms with Gasteiger partial charge in [-0.15, -0.1) is 0 Å². The van der Waals surface area contributed by atoms with Gasteiger partial charge in [0.2, 0.25) is 0 Å². The Morgan fingerprint density at radius 1 is 1.27 bits per heavy atom. The minimum absolute atomic E-state index is 0.00901. The maximum atomic E-state index is 15.5. The zero-order valence-electron chi connectivity index (χ0n) is 20.2. The molecule has 196 valence electrons. The SMILES string of the molecule is C[C@@H](Oc1ccc(N)c(C(=N)c2cnc(N3CC(C)(NCCO)C3)c(F)c2)c1F)c1c(Cl)cncc1Cl. The Hall–Kier alpha value is -3.05. The Balaban J connectivity index is 1.56. The molecule has 37 heavy (non-hydrogen) atoms. The molecule has 0 bridgehead atoms. The summed E-state index contributed by atoms with van der Waals surface area (Å²) in [5, 5.41) is 21.3. The molecule has 0 amide bonds. The molecule has 8 nitrogen and oxygen atoms in total. The van der Waals surface area contributed by atoms with Crippen molar-refractivity contribution in [3.8, 4) is 5.75 Å². The summed E-state index contributed by atoms with van der Waals surface area (Å²) >= 11 is 12.4. The maximum Gasteiger partial charge on any atom is 0.176 e. The molecular weight excluding hydrogens is 525 g/mol. The van der Waals surface area contributed by atoms with E-state index >= 15 is 4.39 Å². The van der Waals surface area contributed by atoms with Crippen molar-refractivity contribution in [1.29, 1.82) is 5.41 Å². The van der Waals surface area contributed by atoms with Crippen molar-refractivity contribution in [1.82, 2.24) is 15.3 Å². The van der Waals surface area contributed by atoms with Crippen LogP contribution in [0.5, 0.6) is 5.75 Å². The Kier molecular flexibility index (Phi) is 7.84. The smallest absolute Gasteiger partial charge is 0.176 e. The van der Waals surface area contributed by atoms with Gasteiger partial charge in [-0.2, -0.15) is 0 Å². The molecule has 1 aliphatic heterocycles. The molecule has 0 spiro atoms. The lowest BCUT2D eigenvalue weighted by Gasteiger charge is -2.49. The van der Waals surface area contributed by atoms with E-state index in [1.54, 1.807) is 11.8 Å². The maximum absolute atomic E-state index is 15.5. The number of aromatic nitrogens is 2. The van der Waals surface area contributed by atoms with Crippen molar-refractivity contribution < 1.29 is 18.6 Å². The molecule has 1 atom stereocenters. The van der Waals surface area contributed by atoms with Crippen LogP contribution in [0.1, 0.15) is 36.6 Å². The number of pyridine rings is 2. The van der Waals surface area contributed by atoms with Crippen molar-refractivity contribution in [2.75, 3.05) is 36.9 Å². The van der Waals surface area contributed by atoms with Crippen molar-refractivity contribution in [2.24, 2.45) is 0 Å². The first-order valence-corrected chi connectivity index (χ1v) is 12.2. The average molecular weight is 551 g/mol. The van der Waals surface area contributed by atoms with Gasteiger partial charge >= 0.3 is 0 Å². The number of ether oxygens (including phenoxy) is 1. The number of anilines is 2. The summed E-state index contributed by atoms with van der Waals surface area (Å²) in [5.74, 6) is -1.57. The molecule has 0 radical (unpaired) electrons. The standard InChI is InChI=1S/C25H26Cl2F2N6O2/c1-13(20-15(26)9-32-10-16(20)27)37-19-4-3-18(30)21(22(19)29)23(31)14-7-17(28)24(33-8-14)35-11-25(2,12-35)34-5-6-36/h3-4,7-10,13,31,34,36H,5-6,11-12,30H2,1-2H3/t13-/m1/s1. The van der Waals surface area contributed by atoms with Crippen LogP contribution >= 0.6 is 23.2 Å². The van der Waals surface area contributed by atoms with E-state index in [0.717, 1.165) is 6.07 Å². The Morgan fingerprint density at radius 2 is 1.95 bits per heavy atom. The Morgan fingerprint density at radius 3 is 2.57 bits per heavy atom. The molecule has 4 rings (SSSR count). The van der Waals surface area contributed by atoms with Gasteiger partial charge in [-0.1, -0.05) is 23.2 Å². The van der Waals surface area contributed by atoms with E-state index < -0.39 is 17.7 Å². The van der Waals surface area contributed by atoms with E-state index in [0.29, 0.717) is 25.2 Å². The highest BCUT2D eigenvalue weighted by atomic mass is 35.5. The third-order valence-electron chi connectivity index (χ3n) is 6.14. The number of β-amino-alcohol motifs (C(OH)–C–C–N with tert-alkyl or cyclic N) is 1. The highest BCUT2D eigenvalue weighted by molar-refractivity contribution is 6.35. The molecule has 3 heterocycles. The Bertz CT molecular complexity index is 1320. The lowest BCUT2D eigenvalue weighted by atomic mass is 9.92. The van der Waals surface area contributed by atoms with Gasteiger partial charge in [-0.3, -0.25) is 10.4 Å². The van der Waals surface area contributed by atoms with Crippen molar-refractivity contribution >= 4 is 40.4 Å². The fourth-order valence-electron chi connectivity index (χ4n) is 4.34. The Labute approximate surface area is 222 Å². The third-order valence-corrected chi connectivity index (χ3v) is 6.74. The number of hydrogen-bond acceptors (Lipinski definition) is 8. The van der Waals surface area contributed by atoms with Crippen LogP contribution in [-0.4, -0.2) is 52.6 Å². The van der Waals surface area contributed by atoms with E-state index in [4.69, 9.17) is 44.2 Å². The van der Waals surface area contributed by atoms with E-state index in [9.17, 15) is 4.39 Å². The van der Waals surface area contributed by atoms with E-state index in [1.807, 2.05) is 6.92 Å².